The van der Waals surface area contributed by atoms with Crippen LogP contribution in [0, 0.1) is 13.8 Å². The third kappa shape index (κ3) is 2.73. The quantitative estimate of drug-likeness (QED) is 0.757. The van der Waals surface area contributed by atoms with E-state index in [-0.39, 0.29) is 5.91 Å². The average molecular weight is 402 g/mol. The molecule has 20 heavy (non-hydrogen) atoms. The number of carbonyl (C=O) groups is 1. The van der Waals surface area contributed by atoms with Crippen LogP contribution in [-0.4, -0.2) is 15.7 Å². The first kappa shape index (κ1) is 15.1. The molecule has 0 bridgehead atoms. The molecule has 1 aromatic carbocycles. The Morgan fingerprint density at radius 1 is 1.35 bits per heavy atom. The summed E-state index contributed by atoms with van der Waals surface area (Å²) in [5.41, 5.74) is 9.05. The van der Waals surface area contributed by atoms with Crippen LogP contribution in [0.4, 0.5) is 11.4 Å². The Labute approximate surface area is 133 Å². The van der Waals surface area contributed by atoms with Gasteiger partial charge in [0.25, 0.3) is 5.91 Å². The Hall–Kier alpha value is -1.34. The standard InChI is InChI=1S/C13H14Br2N4O/c1-6-11(7(2)19(3)18-6)13(20)17-12-9(15)4-8(14)5-10(12)16/h4-5H,16H2,1-3H3,(H,17,20). The van der Waals surface area contributed by atoms with Crippen LogP contribution >= 0.6 is 31.9 Å². The number of nitrogen functional groups attached to an aromatic ring is 1. The van der Waals surface area contributed by atoms with Crippen LogP contribution in [-0.2, 0) is 7.05 Å². The maximum absolute atomic E-state index is 12.4. The summed E-state index contributed by atoms with van der Waals surface area (Å²) in [4.78, 5) is 12.4. The Kier molecular flexibility index (Phi) is 4.19. The molecule has 0 aliphatic carbocycles. The van der Waals surface area contributed by atoms with Crippen molar-refractivity contribution in [2.24, 2.45) is 7.05 Å². The van der Waals surface area contributed by atoms with E-state index in [0.717, 1.165) is 14.6 Å². The first-order chi connectivity index (χ1) is 9.31. The highest BCUT2D eigenvalue weighted by Gasteiger charge is 2.19. The summed E-state index contributed by atoms with van der Waals surface area (Å²) in [6, 6.07) is 3.57. The third-order valence-corrected chi connectivity index (χ3v) is 4.14. The predicted octanol–water partition coefficient (Wildman–Crippen LogP) is 3.40. The predicted molar refractivity (Wildman–Crippen MR) is 86.9 cm³/mol. The summed E-state index contributed by atoms with van der Waals surface area (Å²) < 4.78 is 3.25. The number of anilines is 2. The minimum absolute atomic E-state index is 0.220. The van der Waals surface area contributed by atoms with Crippen molar-refractivity contribution in [3.63, 3.8) is 0 Å². The van der Waals surface area contributed by atoms with Crippen molar-refractivity contribution in [1.82, 2.24) is 9.78 Å². The van der Waals surface area contributed by atoms with E-state index in [4.69, 9.17) is 5.73 Å². The SMILES string of the molecule is Cc1nn(C)c(C)c1C(=O)Nc1c(N)cc(Br)cc1Br. The molecule has 0 saturated heterocycles. The zero-order valence-corrected chi connectivity index (χ0v) is 14.5. The molecule has 0 aliphatic heterocycles. The maximum Gasteiger partial charge on any atom is 0.259 e. The lowest BCUT2D eigenvalue weighted by Crippen LogP contribution is -2.15. The second-order valence-corrected chi connectivity index (χ2v) is 6.25. The third-order valence-electron chi connectivity index (χ3n) is 3.06. The van der Waals surface area contributed by atoms with Gasteiger partial charge in [-0.3, -0.25) is 9.48 Å². The molecule has 0 radical (unpaired) electrons. The van der Waals surface area contributed by atoms with Crippen LogP contribution < -0.4 is 11.1 Å². The van der Waals surface area contributed by atoms with Gasteiger partial charge in [0.05, 0.1) is 22.6 Å². The molecular weight excluding hydrogens is 388 g/mol. The number of benzene rings is 1. The van der Waals surface area contributed by atoms with Gasteiger partial charge >= 0.3 is 0 Å². The van der Waals surface area contributed by atoms with E-state index < -0.39 is 0 Å². The van der Waals surface area contributed by atoms with Crippen molar-refractivity contribution >= 4 is 49.1 Å². The summed E-state index contributed by atoms with van der Waals surface area (Å²) >= 11 is 6.74. The molecule has 106 valence electrons. The molecule has 0 atom stereocenters. The lowest BCUT2D eigenvalue weighted by Gasteiger charge is -2.11. The number of hydrogen-bond acceptors (Lipinski definition) is 3. The molecule has 2 aromatic rings. The van der Waals surface area contributed by atoms with Gasteiger partial charge in [-0.1, -0.05) is 15.9 Å². The second kappa shape index (κ2) is 5.57. The molecule has 7 heteroatoms. The summed E-state index contributed by atoms with van der Waals surface area (Å²) in [6.45, 7) is 3.66. The van der Waals surface area contributed by atoms with Crippen molar-refractivity contribution < 1.29 is 4.79 Å². The number of halogens is 2. The van der Waals surface area contributed by atoms with Crippen molar-refractivity contribution in [2.75, 3.05) is 11.1 Å². The second-order valence-electron chi connectivity index (χ2n) is 4.48. The molecular formula is C13H14Br2N4O. The van der Waals surface area contributed by atoms with Crippen molar-refractivity contribution in [2.45, 2.75) is 13.8 Å². The van der Waals surface area contributed by atoms with Gasteiger partial charge in [0, 0.05) is 21.7 Å². The zero-order valence-electron chi connectivity index (χ0n) is 11.3. The van der Waals surface area contributed by atoms with E-state index in [1.807, 2.05) is 27.0 Å². The minimum atomic E-state index is -0.220. The Balaban J connectivity index is 2.38. The van der Waals surface area contributed by atoms with Crippen LogP contribution in [0.25, 0.3) is 0 Å². The Morgan fingerprint density at radius 2 is 2.00 bits per heavy atom. The van der Waals surface area contributed by atoms with E-state index in [1.54, 1.807) is 10.7 Å². The molecule has 1 aromatic heterocycles. The van der Waals surface area contributed by atoms with E-state index in [1.165, 1.54) is 0 Å². The van der Waals surface area contributed by atoms with E-state index in [2.05, 4.69) is 42.3 Å². The van der Waals surface area contributed by atoms with Gasteiger partial charge in [0.15, 0.2) is 0 Å². The summed E-state index contributed by atoms with van der Waals surface area (Å²) in [5.74, 6) is -0.220. The van der Waals surface area contributed by atoms with Gasteiger partial charge in [0.1, 0.15) is 0 Å². The summed E-state index contributed by atoms with van der Waals surface area (Å²) in [7, 11) is 1.81. The fourth-order valence-electron chi connectivity index (χ4n) is 2.00. The summed E-state index contributed by atoms with van der Waals surface area (Å²) in [6.07, 6.45) is 0. The van der Waals surface area contributed by atoms with Crippen LogP contribution in [0.15, 0.2) is 21.1 Å². The molecule has 3 N–H and O–H groups in total. The lowest BCUT2D eigenvalue weighted by molar-refractivity contribution is 0.102. The van der Waals surface area contributed by atoms with Gasteiger partial charge in [-0.05, 0) is 41.9 Å². The number of amides is 1. The van der Waals surface area contributed by atoms with Crippen LogP contribution in [0.5, 0.6) is 0 Å². The maximum atomic E-state index is 12.4. The number of nitrogens with one attached hydrogen (secondary N) is 1. The number of nitrogens with zero attached hydrogens (tertiary/aromatic N) is 2. The molecule has 0 saturated carbocycles. The zero-order chi connectivity index (χ0) is 15.0. The minimum Gasteiger partial charge on any atom is -0.397 e. The number of carbonyl (C=O) groups excluding carboxylic acids is 1. The van der Waals surface area contributed by atoms with Crippen LogP contribution in [0.1, 0.15) is 21.7 Å². The first-order valence-electron chi connectivity index (χ1n) is 5.87. The van der Waals surface area contributed by atoms with E-state index >= 15 is 0 Å². The van der Waals surface area contributed by atoms with Crippen LogP contribution in [0.2, 0.25) is 0 Å². The highest BCUT2D eigenvalue weighted by molar-refractivity contribution is 9.11. The van der Waals surface area contributed by atoms with E-state index in [9.17, 15) is 4.79 Å². The topological polar surface area (TPSA) is 72.9 Å². The fraction of sp³-hybridized carbons (Fsp3) is 0.231. The van der Waals surface area contributed by atoms with Crippen molar-refractivity contribution in [1.29, 1.82) is 0 Å². The highest BCUT2D eigenvalue weighted by atomic mass is 79.9. The molecule has 1 heterocycles. The fourth-order valence-corrected chi connectivity index (χ4v) is 3.36. The number of aryl methyl sites for hydroxylation is 2. The normalized spacial score (nSPS) is 10.7. The van der Waals surface area contributed by atoms with Gasteiger partial charge < -0.3 is 11.1 Å². The molecule has 0 unspecified atom stereocenters. The van der Waals surface area contributed by atoms with E-state index in [0.29, 0.717) is 22.6 Å². The average Bonchev–Trinajstić information content (AvgIpc) is 2.58. The highest BCUT2D eigenvalue weighted by Crippen LogP contribution is 2.33. The molecule has 0 aliphatic rings. The molecule has 1 amide bonds. The smallest absolute Gasteiger partial charge is 0.259 e. The van der Waals surface area contributed by atoms with Gasteiger partial charge in [-0.2, -0.15) is 5.10 Å². The van der Waals surface area contributed by atoms with Crippen LogP contribution in [0.3, 0.4) is 0 Å². The van der Waals surface area contributed by atoms with Gasteiger partial charge in [-0.15, -0.1) is 0 Å². The largest absolute Gasteiger partial charge is 0.397 e. The van der Waals surface area contributed by atoms with Gasteiger partial charge in [0.2, 0.25) is 0 Å². The van der Waals surface area contributed by atoms with Crippen molar-refractivity contribution in [3.05, 3.63) is 38.0 Å². The number of aromatic nitrogens is 2. The molecule has 0 spiro atoms. The first-order valence-corrected chi connectivity index (χ1v) is 7.46. The Bertz CT molecular complexity index is 671. The summed E-state index contributed by atoms with van der Waals surface area (Å²) in [5, 5.41) is 7.07. The number of hydrogen-bond donors (Lipinski definition) is 2. The molecule has 2 rings (SSSR count). The molecule has 0 fully saturated rings. The molecule has 5 nitrogen and oxygen atoms in total. The Morgan fingerprint density at radius 3 is 2.50 bits per heavy atom. The van der Waals surface area contributed by atoms with Gasteiger partial charge in [-0.25, -0.2) is 0 Å². The monoisotopic (exact) mass is 400 g/mol. The number of rotatable bonds is 2. The van der Waals surface area contributed by atoms with Crippen molar-refractivity contribution in [3.8, 4) is 0 Å². The number of nitrogens with two attached hydrogens (primary N) is 1. The lowest BCUT2D eigenvalue weighted by atomic mass is 10.1.